The van der Waals surface area contributed by atoms with Gasteiger partial charge in [0, 0.05) is 6.42 Å². The molecule has 0 aliphatic heterocycles. The fraction of sp³-hybridized carbons (Fsp3) is 0.667. The number of hydrogen-bond donors (Lipinski definition) is 0. The summed E-state index contributed by atoms with van der Waals surface area (Å²) in [6, 6.07) is 0. The molecule has 1 aliphatic carbocycles. The summed E-state index contributed by atoms with van der Waals surface area (Å²) < 4.78 is 4.80. The van der Waals surface area contributed by atoms with Crippen LogP contribution in [0.3, 0.4) is 0 Å². The van der Waals surface area contributed by atoms with Gasteiger partial charge >= 0.3 is 0 Å². The van der Waals surface area contributed by atoms with E-state index < -0.39 is 0 Å². The van der Waals surface area contributed by atoms with Gasteiger partial charge in [0.25, 0.3) is 6.47 Å². The number of rotatable bonds is 2. The van der Waals surface area contributed by atoms with E-state index >= 15 is 0 Å². The van der Waals surface area contributed by atoms with E-state index in [4.69, 9.17) is 4.74 Å². The maximum atomic E-state index is 10.0. The summed E-state index contributed by atoms with van der Waals surface area (Å²) >= 11 is 0. The smallest absolute Gasteiger partial charge is 0.298 e. The molecule has 0 spiro atoms. The summed E-state index contributed by atoms with van der Waals surface area (Å²) in [7, 11) is 0. The summed E-state index contributed by atoms with van der Waals surface area (Å²) in [4.78, 5) is 10.0. The SMILES string of the molecule is CC1(C)C=C(OC=O)CCC1. The van der Waals surface area contributed by atoms with Crippen molar-refractivity contribution in [3.8, 4) is 0 Å². The van der Waals surface area contributed by atoms with Gasteiger partial charge in [0.15, 0.2) is 0 Å². The molecule has 62 valence electrons. The van der Waals surface area contributed by atoms with E-state index in [0.29, 0.717) is 6.47 Å². The van der Waals surface area contributed by atoms with Crippen LogP contribution in [0.4, 0.5) is 0 Å². The van der Waals surface area contributed by atoms with Crippen molar-refractivity contribution in [2.24, 2.45) is 5.41 Å². The third kappa shape index (κ3) is 2.37. The molecule has 1 aliphatic rings. The second kappa shape index (κ2) is 3.07. The minimum absolute atomic E-state index is 0.205. The number of carbonyl (C=O) groups excluding carboxylic acids is 1. The van der Waals surface area contributed by atoms with Crippen LogP contribution < -0.4 is 0 Å². The van der Waals surface area contributed by atoms with Gasteiger partial charge in [0.1, 0.15) is 5.76 Å². The fourth-order valence-corrected chi connectivity index (χ4v) is 1.45. The quantitative estimate of drug-likeness (QED) is 0.570. The van der Waals surface area contributed by atoms with Gasteiger partial charge in [-0.25, -0.2) is 0 Å². The Morgan fingerprint density at radius 3 is 2.91 bits per heavy atom. The van der Waals surface area contributed by atoms with E-state index in [1.807, 2.05) is 6.08 Å². The van der Waals surface area contributed by atoms with E-state index in [1.165, 1.54) is 6.42 Å². The molecule has 0 unspecified atom stereocenters. The molecular weight excluding hydrogens is 140 g/mol. The minimum atomic E-state index is 0.205. The van der Waals surface area contributed by atoms with Crippen LogP contribution >= 0.6 is 0 Å². The third-order valence-corrected chi connectivity index (χ3v) is 2.00. The zero-order valence-electron chi connectivity index (χ0n) is 7.09. The fourth-order valence-electron chi connectivity index (χ4n) is 1.45. The Labute approximate surface area is 67.2 Å². The lowest BCUT2D eigenvalue weighted by Crippen LogP contribution is -2.13. The predicted molar refractivity (Wildman–Crippen MR) is 42.9 cm³/mol. The summed E-state index contributed by atoms with van der Waals surface area (Å²) in [5.74, 6) is 0.830. The van der Waals surface area contributed by atoms with Crippen LogP contribution in [0.5, 0.6) is 0 Å². The molecule has 2 heteroatoms. The average molecular weight is 154 g/mol. The van der Waals surface area contributed by atoms with Crippen molar-refractivity contribution in [2.45, 2.75) is 33.1 Å². The van der Waals surface area contributed by atoms with Crippen LogP contribution in [0.1, 0.15) is 33.1 Å². The van der Waals surface area contributed by atoms with Crippen LogP contribution in [0.25, 0.3) is 0 Å². The number of ether oxygens (including phenoxy) is 1. The van der Waals surface area contributed by atoms with Gasteiger partial charge in [-0.15, -0.1) is 0 Å². The zero-order valence-corrected chi connectivity index (χ0v) is 7.09. The van der Waals surface area contributed by atoms with Crippen molar-refractivity contribution in [3.63, 3.8) is 0 Å². The molecule has 0 aromatic heterocycles. The topological polar surface area (TPSA) is 26.3 Å². The second-order valence-electron chi connectivity index (χ2n) is 3.67. The molecule has 0 fully saturated rings. The highest BCUT2D eigenvalue weighted by molar-refractivity contribution is 5.40. The van der Waals surface area contributed by atoms with Gasteiger partial charge in [-0.3, -0.25) is 4.79 Å². The van der Waals surface area contributed by atoms with E-state index in [2.05, 4.69) is 13.8 Å². The highest BCUT2D eigenvalue weighted by atomic mass is 16.5. The van der Waals surface area contributed by atoms with Gasteiger partial charge < -0.3 is 4.74 Å². The number of allylic oxidation sites excluding steroid dienone is 2. The first-order valence-corrected chi connectivity index (χ1v) is 3.96. The summed E-state index contributed by atoms with van der Waals surface area (Å²) in [5, 5.41) is 0. The Kier molecular flexibility index (Phi) is 2.32. The summed E-state index contributed by atoms with van der Waals surface area (Å²) in [6.07, 6.45) is 5.25. The largest absolute Gasteiger partial charge is 0.434 e. The van der Waals surface area contributed by atoms with Crippen LogP contribution in [0, 0.1) is 5.41 Å². The van der Waals surface area contributed by atoms with Crippen LogP contribution in [0.2, 0.25) is 0 Å². The second-order valence-corrected chi connectivity index (χ2v) is 3.67. The minimum Gasteiger partial charge on any atom is -0.434 e. The Hall–Kier alpha value is -0.790. The summed E-state index contributed by atoms with van der Waals surface area (Å²) in [6.45, 7) is 4.81. The maximum Gasteiger partial charge on any atom is 0.298 e. The van der Waals surface area contributed by atoms with Crippen molar-refractivity contribution in [1.29, 1.82) is 0 Å². The van der Waals surface area contributed by atoms with Gasteiger partial charge in [-0.2, -0.15) is 0 Å². The Morgan fingerprint density at radius 1 is 1.64 bits per heavy atom. The molecule has 0 saturated carbocycles. The average Bonchev–Trinajstić information content (AvgIpc) is 1.85. The van der Waals surface area contributed by atoms with Gasteiger partial charge in [-0.05, 0) is 24.3 Å². The lowest BCUT2D eigenvalue weighted by Gasteiger charge is -2.25. The molecule has 0 aromatic rings. The molecular formula is C9H14O2. The van der Waals surface area contributed by atoms with Crippen LogP contribution in [-0.4, -0.2) is 6.47 Å². The molecule has 0 aromatic carbocycles. The van der Waals surface area contributed by atoms with Gasteiger partial charge in [-0.1, -0.05) is 13.8 Å². The first kappa shape index (κ1) is 8.31. The van der Waals surface area contributed by atoms with E-state index in [-0.39, 0.29) is 5.41 Å². The molecule has 0 N–H and O–H groups in total. The summed E-state index contributed by atoms with van der Waals surface area (Å²) in [5.41, 5.74) is 0.205. The third-order valence-electron chi connectivity index (χ3n) is 2.00. The lowest BCUT2D eigenvalue weighted by molar-refractivity contribution is -0.125. The Morgan fingerprint density at radius 2 is 2.36 bits per heavy atom. The molecule has 0 heterocycles. The van der Waals surface area contributed by atoms with Crippen molar-refractivity contribution in [3.05, 3.63) is 11.8 Å². The highest BCUT2D eigenvalue weighted by Crippen LogP contribution is 2.32. The highest BCUT2D eigenvalue weighted by Gasteiger charge is 2.20. The van der Waals surface area contributed by atoms with Gasteiger partial charge in [0.05, 0.1) is 0 Å². The van der Waals surface area contributed by atoms with E-state index in [0.717, 1.165) is 18.6 Å². The van der Waals surface area contributed by atoms with Crippen LogP contribution in [-0.2, 0) is 9.53 Å². The molecule has 0 atom stereocenters. The Balaban J connectivity index is 2.64. The first-order chi connectivity index (χ1) is 5.14. The van der Waals surface area contributed by atoms with E-state index in [9.17, 15) is 4.79 Å². The van der Waals surface area contributed by atoms with Crippen molar-refractivity contribution in [1.82, 2.24) is 0 Å². The molecule has 0 bridgehead atoms. The lowest BCUT2D eigenvalue weighted by atomic mass is 9.82. The molecule has 1 rings (SSSR count). The van der Waals surface area contributed by atoms with Crippen molar-refractivity contribution < 1.29 is 9.53 Å². The monoisotopic (exact) mass is 154 g/mol. The molecule has 11 heavy (non-hydrogen) atoms. The van der Waals surface area contributed by atoms with Gasteiger partial charge in [0.2, 0.25) is 0 Å². The normalized spacial score (nSPS) is 22.2. The number of hydrogen-bond acceptors (Lipinski definition) is 2. The van der Waals surface area contributed by atoms with Crippen molar-refractivity contribution >= 4 is 6.47 Å². The standard InChI is InChI=1S/C9H14O2/c1-9(2)5-3-4-8(6-9)11-7-10/h6-7H,3-5H2,1-2H3. The zero-order chi connectivity index (χ0) is 8.32. The molecule has 2 nitrogen and oxygen atoms in total. The maximum absolute atomic E-state index is 10.0. The van der Waals surface area contributed by atoms with Crippen molar-refractivity contribution in [2.75, 3.05) is 0 Å². The van der Waals surface area contributed by atoms with Crippen LogP contribution in [0.15, 0.2) is 11.8 Å². The van der Waals surface area contributed by atoms with E-state index in [1.54, 1.807) is 0 Å². The Bertz CT molecular complexity index is 180. The first-order valence-electron chi connectivity index (χ1n) is 3.96. The molecule has 0 amide bonds. The predicted octanol–water partition coefficient (Wildman–Crippen LogP) is 2.25. The molecule has 0 saturated heterocycles. The number of carbonyl (C=O) groups is 1. The molecule has 0 radical (unpaired) electrons.